The van der Waals surface area contributed by atoms with Crippen molar-refractivity contribution in [1.29, 1.82) is 0 Å². The van der Waals surface area contributed by atoms with Gasteiger partial charge in [0.1, 0.15) is 12.4 Å². The van der Waals surface area contributed by atoms with E-state index in [0.29, 0.717) is 18.3 Å². The Kier molecular flexibility index (Phi) is 8.59. The molecule has 0 spiro atoms. The van der Waals surface area contributed by atoms with Crippen LogP contribution in [0.5, 0.6) is 0 Å². The molecule has 2 aliphatic rings. The van der Waals surface area contributed by atoms with Gasteiger partial charge in [0, 0.05) is 44.8 Å². The molecular formula is C25H34N6O3. The highest BCUT2D eigenvalue weighted by Gasteiger charge is 2.25. The highest BCUT2D eigenvalue weighted by molar-refractivity contribution is 5.87. The van der Waals surface area contributed by atoms with E-state index in [1.54, 1.807) is 0 Å². The molecule has 2 aliphatic heterocycles. The monoisotopic (exact) mass is 466 g/mol. The van der Waals surface area contributed by atoms with Crippen molar-refractivity contribution < 1.29 is 14.3 Å². The summed E-state index contributed by atoms with van der Waals surface area (Å²) in [7, 11) is 0. The van der Waals surface area contributed by atoms with E-state index in [-0.39, 0.29) is 18.6 Å². The molecule has 1 saturated heterocycles. The van der Waals surface area contributed by atoms with Gasteiger partial charge in [-0.2, -0.15) is 4.99 Å². The average Bonchev–Trinajstić information content (AvgIpc) is 2.86. The number of hydrogen-bond donors (Lipinski definition) is 1. The Hall–Kier alpha value is -3.46. The Bertz CT molecular complexity index is 977. The van der Waals surface area contributed by atoms with Gasteiger partial charge in [-0.25, -0.2) is 9.79 Å². The zero-order chi connectivity index (χ0) is 24.7. The fourth-order valence-electron chi connectivity index (χ4n) is 3.98. The third-order valence-corrected chi connectivity index (χ3v) is 6.04. The lowest BCUT2D eigenvalue weighted by molar-refractivity contribution is -0.127. The van der Waals surface area contributed by atoms with Crippen molar-refractivity contribution in [3.63, 3.8) is 0 Å². The Balaban J connectivity index is 1.60. The van der Waals surface area contributed by atoms with Crippen molar-refractivity contribution in [3.8, 4) is 0 Å². The lowest BCUT2D eigenvalue weighted by atomic mass is 10.1. The molecule has 1 N–H and O–H groups in total. The average molecular weight is 467 g/mol. The van der Waals surface area contributed by atoms with Crippen LogP contribution in [-0.4, -0.2) is 78.7 Å². The molecule has 1 aromatic rings. The number of amides is 2. The smallest absolute Gasteiger partial charge is 0.415 e. The zero-order valence-electron chi connectivity index (χ0n) is 20.3. The molecule has 9 heteroatoms. The summed E-state index contributed by atoms with van der Waals surface area (Å²) in [6, 6.07) is 8.36. The van der Waals surface area contributed by atoms with Crippen molar-refractivity contribution in [3.05, 3.63) is 59.4 Å². The van der Waals surface area contributed by atoms with Crippen LogP contribution in [0.2, 0.25) is 0 Å². The van der Waals surface area contributed by atoms with Gasteiger partial charge in [0.05, 0.1) is 6.04 Å². The van der Waals surface area contributed by atoms with E-state index >= 15 is 0 Å². The molecule has 0 aliphatic carbocycles. The second-order valence-corrected chi connectivity index (χ2v) is 8.41. The minimum absolute atomic E-state index is 0.000291. The van der Waals surface area contributed by atoms with Gasteiger partial charge >= 0.3 is 6.09 Å². The summed E-state index contributed by atoms with van der Waals surface area (Å²) in [6.07, 6.45) is 0.968. The molecule has 182 valence electrons. The number of ether oxygens (including phenoxy) is 1. The van der Waals surface area contributed by atoms with Crippen LogP contribution in [0.3, 0.4) is 0 Å². The predicted octanol–water partition coefficient (Wildman–Crippen LogP) is 2.93. The second-order valence-electron chi connectivity index (χ2n) is 8.41. The lowest BCUT2D eigenvalue weighted by Crippen LogP contribution is -2.47. The Morgan fingerprint density at radius 3 is 2.50 bits per heavy atom. The SMILES string of the molecule is C=CC(=O)N1CCN(Cc2ccc([C@H](C)N/C(N=C)=N/C3=C(C)COC(=O)N3CC)cc2)CC1. The van der Waals surface area contributed by atoms with E-state index in [4.69, 9.17) is 4.74 Å². The standard InChI is InChI=1S/C25H34N6O3/c1-6-22(32)30-14-12-29(13-15-30)16-20-8-10-21(11-9-20)19(4)27-24(26-5)28-23-18(3)17-34-25(33)31(23)7-2/h6,8-11,19H,1,5,7,12-17H2,2-4H3,(H,27,28)/t19-/m0/s1. The van der Waals surface area contributed by atoms with Crippen LogP contribution in [0.4, 0.5) is 4.79 Å². The minimum Gasteiger partial charge on any atom is -0.444 e. The van der Waals surface area contributed by atoms with E-state index in [1.807, 2.05) is 25.7 Å². The molecule has 0 bridgehead atoms. The van der Waals surface area contributed by atoms with Crippen LogP contribution in [0.25, 0.3) is 0 Å². The minimum atomic E-state index is -0.410. The van der Waals surface area contributed by atoms with E-state index in [0.717, 1.165) is 43.9 Å². The summed E-state index contributed by atoms with van der Waals surface area (Å²) in [5, 5.41) is 3.28. The van der Waals surface area contributed by atoms with Crippen molar-refractivity contribution in [2.75, 3.05) is 39.3 Å². The molecule has 0 unspecified atom stereocenters. The number of nitrogens with one attached hydrogen (secondary N) is 1. The van der Waals surface area contributed by atoms with Gasteiger partial charge in [-0.15, -0.1) is 0 Å². The molecule has 1 aromatic carbocycles. The normalized spacial score (nSPS) is 18.4. The maximum Gasteiger partial charge on any atom is 0.415 e. The Labute approximate surface area is 201 Å². The number of guanidine groups is 1. The van der Waals surface area contributed by atoms with E-state index in [2.05, 4.69) is 57.8 Å². The number of benzene rings is 1. The van der Waals surface area contributed by atoms with Crippen LogP contribution in [-0.2, 0) is 16.1 Å². The van der Waals surface area contributed by atoms with E-state index < -0.39 is 6.09 Å². The molecule has 0 saturated carbocycles. The van der Waals surface area contributed by atoms with Crippen LogP contribution < -0.4 is 5.32 Å². The molecule has 2 amide bonds. The third-order valence-electron chi connectivity index (χ3n) is 6.04. The van der Waals surface area contributed by atoms with Crippen molar-refractivity contribution in [1.82, 2.24) is 20.0 Å². The van der Waals surface area contributed by atoms with Crippen LogP contribution >= 0.6 is 0 Å². The molecule has 0 aromatic heterocycles. The van der Waals surface area contributed by atoms with Gasteiger partial charge in [-0.3, -0.25) is 14.6 Å². The topological polar surface area (TPSA) is 89.8 Å². The maximum absolute atomic E-state index is 12.0. The van der Waals surface area contributed by atoms with E-state index in [9.17, 15) is 9.59 Å². The van der Waals surface area contributed by atoms with Crippen molar-refractivity contribution >= 4 is 24.7 Å². The Morgan fingerprint density at radius 1 is 1.24 bits per heavy atom. The first-order chi connectivity index (χ1) is 16.4. The summed E-state index contributed by atoms with van der Waals surface area (Å²) in [4.78, 5) is 38.0. The number of carbonyl (C=O) groups excluding carboxylic acids is 2. The fraction of sp³-hybridized carbons (Fsp3) is 0.440. The first-order valence-electron chi connectivity index (χ1n) is 11.5. The first kappa shape index (κ1) is 25.2. The number of hydrogen-bond acceptors (Lipinski definition) is 5. The predicted molar refractivity (Wildman–Crippen MR) is 133 cm³/mol. The lowest BCUT2D eigenvalue weighted by Gasteiger charge is -2.34. The fourth-order valence-corrected chi connectivity index (χ4v) is 3.98. The van der Waals surface area contributed by atoms with Gasteiger partial charge in [-0.1, -0.05) is 30.8 Å². The summed E-state index contributed by atoms with van der Waals surface area (Å²) < 4.78 is 5.14. The molecule has 3 rings (SSSR count). The zero-order valence-corrected chi connectivity index (χ0v) is 20.3. The molecule has 2 heterocycles. The summed E-state index contributed by atoms with van der Waals surface area (Å²) in [5.41, 5.74) is 3.16. The number of piperazine rings is 1. The largest absolute Gasteiger partial charge is 0.444 e. The van der Waals surface area contributed by atoms with Gasteiger partial charge in [0.25, 0.3) is 0 Å². The summed E-state index contributed by atoms with van der Waals surface area (Å²) >= 11 is 0. The molecule has 0 radical (unpaired) electrons. The molecule has 34 heavy (non-hydrogen) atoms. The summed E-state index contributed by atoms with van der Waals surface area (Å²) in [6.45, 7) is 17.6. The highest BCUT2D eigenvalue weighted by Crippen LogP contribution is 2.20. The maximum atomic E-state index is 12.0. The number of carbonyl (C=O) groups is 2. The second kappa shape index (κ2) is 11.6. The van der Waals surface area contributed by atoms with Crippen LogP contribution in [0.1, 0.15) is 37.9 Å². The number of cyclic esters (lactones) is 1. The molecule has 9 nitrogen and oxygen atoms in total. The highest BCUT2D eigenvalue weighted by atomic mass is 16.6. The molecule has 1 atom stereocenters. The first-order valence-corrected chi connectivity index (χ1v) is 11.5. The van der Waals surface area contributed by atoms with Gasteiger partial charge < -0.3 is 15.0 Å². The molecular weight excluding hydrogens is 432 g/mol. The van der Waals surface area contributed by atoms with E-state index in [1.165, 1.54) is 16.5 Å². The number of rotatable bonds is 7. The summed E-state index contributed by atoms with van der Waals surface area (Å²) in [5.74, 6) is 0.900. The van der Waals surface area contributed by atoms with Crippen LogP contribution in [0, 0.1) is 0 Å². The quantitative estimate of drug-likeness (QED) is 0.379. The Morgan fingerprint density at radius 2 is 1.91 bits per heavy atom. The molecule has 1 fully saturated rings. The third kappa shape index (κ3) is 6.11. The number of aliphatic imine (C=N–C) groups is 2. The van der Waals surface area contributed by atoms with Gasteiger partial charge in [-0.05, 0) is 44.7 Å². The van der Waals surface area contributed by atoms with Gasteiger partial charge in [0.15, 0.2) is 0 Å². The van der Waals surface area contributed by atoms with Gasteiger partial charge in [0.2, 0.25) is 11.9 Å². The van der Waals surface area contributed by atoms with Crippen molar-refractivity contribution in [2.45, 2.75) is 33.4 Å². The van der Waals surface area contributed by atoms with Crippen molar-refractivity contribution in [2.24, 2.45) is 9.98 Å². The van der Waals surface area contributed by atoms with Crippen LogP contribution in [0.15, 0.2) is 58.3 Å². The number of nitrogens with zero attached hydrogens (tertiary/aromatic N) is 5.